The number of aliphatic carboxylic acids is 1. The third-order valence-electron chi connectivity index (χ3n) is 4.86. The number of ketones is 2. The van der Waals surface area contributed by atoms with Crippen LogP contribution in [0, 0.1) is 5.92 Å². The Labute approximate surface area is 173 Å². The lowest BCUT2D eigenvalue weighted by Gasteiger charge is -2.14. The van der Waals surface area contributed by atoms with Crippen molar-refractivity contribution in [1.29, 1.82) is 0 Å². The number of carboxylic acid groups (broad SMARTS) is 1. The SMILES string of the molecule is CC(C(=O)C(=O)O)C(=O)c1cn(Cc2ccccc2)cc(Cc2ccccc2)c1=O. The molecule has 30 heavy (non-hydrogen) atoms. The van der Waals surface area contributed by atoms with Gasteiger partial charge in [0.15, 0.2) is 11.2 Å². The second kappa shape index (κ2) is 9.13. The summed E-state index contributed by atoms with van der Waals surface area (Å²) in [7, 11) is 0. The lowest BCUT2D eigenvalue weighted by Crippen LogP contribution is -2.32. The Balaban J connectivity index is 2.05. The van der Waals surface area contributed by atoms with Crippen molar-refractivity contribution in [3.05, 3.63) is 106 Å². The Bertz CT molecular complexity index is 1130. The molecule has 6 nitrogen and oxygen atoms in total. The fourth-order valence-electron chi connectivity index (χ4n) is 3.23. The molecular weight excluding hydrogens is 382 g/mol. The maximum Gasteiger partial charge on any atom is 0.372 e. The molecule has 1 N–H and O–H groups in total. The molecule has 0 aliphatic heterocycles. The van der Waals surface area contributed by atoms with E-state index in [0.29, 0.717) is 18.5 Å². The van der Waals surface area contributed by atoms with Crippen molar-refractivity contribution in [1.82, 2.24) is 4.57 Å². The second-order valence-electron chi connectivity index (χ2n) is 7.10. The van der Waals surface area contributed by atoms with Gasteiger partial charge in [0.1, 0.15) is 0 Å². The number of nitrogens with zero attached hydrogens (tertiary/aromatic N) is 1. The average molecular weight is 403 g/mol. The molecule has 1 atom stereocenters. The summed E-state index contributed by atoms with van der Waals surface area (Å²) in [6, 6.07) is 18.9. The Kier molecular flexibility index (Phi) is 6.37. The summed E-state index contributed by atoms with van der Waals surface area (Å²) in [5.74, 6) is -5.15. The summed E-state index contributed by atoms with van der Waals surface area (Å²) in [5.41, 5.74) is 1.61. The zero-order chi connectivity index (χ0) is 21.7. The molecule has 0 radical (unpaired) electrons. The number of carbonyl (C=O) groups excluding carboxylic acids is 2. The van der Waals surface area contributed by atoms with Crippen LogP contribution in [-0.4, -0.2) is 27.2 Å². The normalized spacial score (nSPS) is 11.6. The number of pyridine rings is 1. The van der Waals surface area contributed by atoms with E-state index in [1.165, 1.54) is 13.1 Å². The molecule has 0 amide bonds. The first-order chi connectivity index (χ1) is 14.4. The fourth-order valence-corrected chi connectivity index (χ4v) is 3.23. The van der Waals surface area contributed by atoms with Crippen molar-refractivity contribution in [2.75, 3.05) is 0 Å². The molecule has 1 aromatic heterocycles. The quantitative estimate of drug-likeness (QED) is 0.355. The number of hydrogen-bond donors (Lipinski definition) is 1. The second-order valence-corrected chi connectivity index (χ2v) is 7.10. The summed E-state index contributed by atoms with van der Waals surface area (Å²) < 4.78 is 1.72. The number of rotatable bonds is 8. The molecule has 152 valence electrons. The predicted octanol–water partition coefficient (Wildman–Crippen LogP) is 2.96. The van der Waals surface area contributed by atoms with E-state index in [-0.39, 0.29) is 5.56 Å². The van der Waals surface area contributed by atoms with Crippen LogP contribution in [0.25, 0.3) is 0 Å². The van der Waals surface area contributed by atoms with Gasteiger partial charge in [-0.3, -0.25) is 14.4 Å². The predicted molar refractivity (Wildman–Crippen MR) is 112 cm³/mol. The van der Waals surface area contributed by atoms with Gasteiger partial charge in [-0.25, -0.2) is 4.79 Å². The molecule has 0 aliphatic carbocycles. The molecule has 0 bridgehead atoms. The average Bonchev–Trinajstić information content (AvgIpc) is 2.75. The molecule has 0 aliphatic rings. The summed E-state index contributed by atoms with van der Waals surface area (Å²) >= 11 is 0. The molecule has 2 aromatic carbocycles. The number of carboxylic acids is 1. The number of carbonyl (C=O) groups is 3. The van der Waals surface area contributed by atoms with Crippen LogP contribution in [0.5, 0.6) is 0 Å². The Hall–Kier alpha value is -3.80. The van der Waals surface area contributed by atoms with Gasteiger partial charge in [-0.15, -0.1) is 0 Å². The highest BCUT2D eigenvalue weighted by Crippen LogP contribution is 2.13. The smallest absolute Gasteiger partial charge is 0.372 e. The van der Waals surface area contributed by atoms with Crippen molar-refractivity contribution >= 4 is 17.5 Å². The Morgan fingerprint density at radius 3 is 2.03 bits per heavy atom. The van der Waals surface area contributed by atoms with Crippen LogP contribution in [0.1, 0.15) is 34.0 Å². The molecule has 6 heteroatoms. The van der Waals surface area contributed by atoms with E-state index in [1.54, 1.807) is 10.8 Å². The minimum atomic E-state index is -1.69. The van der Waals surface area contributed by atoms with Gasteiger partial charge >= 0.3 is 5.97 Å². The maximum absolute atomic E-state index is 13.0. The molecule has 0 saturated heterocycles. The minimum Gasteiger partial charge on any atom is -0.475 e. The van der Waals surface area contributed by atoms with Crippen LogP contribution in [0.2, 0.25) is 0 Å². The van der Waals surface area contributed by atoms with Gasteiger partial charge < -0.3 is 9.67 Å². The van der Waals surface area contributed by atoms with Gasteiger partial charge in [0.05, 0.1) is 11.5 Å². The monoisotopic (exact) mass is 403 g/mol. The minimum absolute atomic E-state index is 0.179. The number of Topliss-reactive ketones (excluding diaryl/α,β-unsaturated/α-hetero) is 2. The summed E-state index contributed by atoms with van der Waals surface area (Å²) in [4.78, 5) is 48.6. The fraction of sp³-hybridized carbons (Fsp3) is 0.167. The molecule has 0 fully saturated rings. The van der Waals surface area contributed by atoms with Crippen LogP contribution < -0.4 is 5.43 Å². The highest BCUT2D eigenvalue weighted by molar-refractivity contribution is 6.38. The van der Waals surface area contributed by atoms with E-state index in [1.807, 2.05) is 60.7 Å². The van der Waals surface area contributed by atoms with Gasteiger partial charge in [0, 0.05) is 30.9 Å². The Morgan fingerprint density at radius 1 is 0.900 bits per heavy atom. The highest BCUT2D eigenvalue weighted by atomic mass is 16.4. The summed E-state index contributed by atoms with van der Waals surface area (Å²) in [6.07, 6.45) is 3.41. The van der Waals surface area contributed by atoms with Crippen LogP contribution in [-0.2, 0) is 22.6 Å². The molecule has 1 heterocycles. The lowest BCUT2D eigenvalue weighted by molar-refractivity contribution is -0.150. The van der Waals surface area contributed by atoms with E-state index in [9.17, 15) is 19.2 Å². The molecular formula is C24H21NO5. The first kappa shape index (κ1) is 20.9. The van der Waals surface area contributed by atoms with Gasteiger partial charge in [0.2, 0.25) is 5.78 Å². The van der Waals surface area contributed by atoms with Gasteiger partial charge in [-0.05, 0) is 18.1 Å². The van der Waals surface area contributed by atoms with E-state index >= 15 is 0 Å². The maximum atomic E-state index is 13.0. The lowest BCUT2D eigenvalue weighted by atomic mass is 9.94. The topological polar surface area (TPSA) is 93.4 Å². The van der Waals surface area contributed by atoms with E-state index in [4.69, 9.17) is 5.11 Å². The van der Waals surface area contributed by atoms with Crippen LogP contribution in [0.3, 0.4) is 0 Å². The largest absolute Gasteiger partial charge is 0.475 e. The van der Waals surface area contributed by atoms with Crippen molar-refractivity contribution in [2.45, 2.75) is 19.9 Å². The third-order valence-corrected chi connectivity index (χ3v) is 4.86. The van der Waals surface area contributed by atoms with E-state index < -0.39 is 28.9 Å². The molecule has 0 saturated carbocycles. The number of aromatic nitrogens is 1. The zero-order valence-corrected chi connectivity index (χ0v) is 16.4. The van der Waals surface area contributed by atoms with Crippen molar-refractivity contribution in [2.24, 2.45) is 5.92 Å². The van der Waals surface area contributed by atoms with Crippen molar-refractivity contribution in [3.8, 4) is 0 Å². The van der Waals surface area contributed by atoms with Crippen molar-refractivity contribution in [3.63, 3.8) is 0 Å². The van der Waals surface area contributed by atoms with Gasteiger partial charge in [-0.1, -0.05) is 60.7 Å². The van der Waals surface area contributed by atoms with Gasteiger partial charge in [-0.2, -0.15) is 0 Å². The van der Waals surface area contributed by atoms with E-state index in [0.717, 1.165) is 11.1 Å². The molecule has 0 spiro atoms. The first-order valence-electron chi connectivity index (χ1n) is 9.49. The van der Waals surface area contributed by atoms with Gasteiger partial charge in [0.25, 0.3) is 0 Å². The third kappa shape index (κ3) is 4.78. The molecule has 1 unspecified atom stereocenters. The summed E-state index contributed by atoms with van der Waals surface area (Å²) in [6.45, 7) is 1.63. The zero-order valence-electron chi connectivity index (χ0n) is 16.4. The highest BCUT2D eigenvalue weighted by Gasteiger charge is 2.30. The summed E-state index contributed by atoms with van der Waals surface area (Å²) in [5, 5.41) is 8.93. The first-order valence-corrected chi connectivity index (χ1v) is 9.49. The number of hydrogen-bond acceptors (Lipinski definition) is 4. The Morgan fingerprint density at radius 2 is 1.47 bits per heavy atom. The molecule has 3 rings (SSSR count). The van der Waals surface area contributed by atoms with Crippen LogP contribution in [0.4, 0.5) is 0 Å². The van der Waals surface area contributed by atoms with E-state index in [2.05, 4.69) is 0 Å². The standard InChI is InChI=1S/C24H21NO5/c1-16(22(27)24(29)30)21(26)20-15-25(13-18-10-6-3-7-11-18)14-19(23(20)28)12-17-8-4-2-5-9-17/h2-11,14-16H,12-13H2,1H3,(H,29,30). The molecule has 3 aromatic rings. The number of benzene rings is 2. The van der Waals surface area contributed by atoms with Crippen molar-refractivity contribution < 1.29 is 19.5 Å². The van der Waals surface area contributed by atoms with Crippen LogP contribution in [0.15, 0.2) is 77.9 Å². The van der Waals surface area contributed by atoms with Crippen LogP contribution >= 0.6 is 0 Å².